The van der Waals surface area contributed by atoms with E-state index in [1.807, 2.05) is 10.6 Å². The van der Waals surface area contributed by atoms with Gasteiger partial charge >= 0.3 is 0 Å². The molecule has 0 aliphatic carbocycles. The maximum absolute atomic E-state index is 13.0. The van der Waals surface area contributed by atoms with Crippen LogP contribution in [0.1, 0.15) is 77.0 Å². The molecule has 3 rings (SSSR count). The normalized spacial score (nSPS) is 11.8. The molecule has 0 aliphatic rings. The maximum atomic E-state index is 13.0. The smallest absolute Gasteiger partial charge is 0.234 e. The van der Waals surface area contributed by atoms with Crippen LogP contribution in [0.25, 0.3) is 11.4 Å². The molecule has 6 heteroatoms. The number of benzene rings is 2. The van der Waals surface area contributed by atoms with Crippen LogP contribution in [-0.2, 0) is 16.8 Å². The van der Waals surface area contributed by atoms with Crippen molar-refractivity contribution < 1.29 is 4.79 Å². The second kappa shape index (κ2) is 11.3. The Bertz CT molecular complexity index is 1140. The van der Waals surface area contributed by atoms with Gasteiger partial charge in [0.1, 0.15) is 0 Å². The Labute approximate surface area is 214 Å². The van der Waals surface area contributed by atoms with Gasteiger partial charge in [-0.1, -0.05) is 109 Å². The summed E-state index contributed by atoms with van der Waals surface area (Å²) in [6.07, 6.45) is 1.83. The van der Waals surface area contributed by atoms with E-state index in [0.29, 0.717) is 23.5 Å². The Hall–Kier alpha value is -2.86. The van der Waals surface area contributed by atoms with Crippen LogP contribution in [0.3, 0.4) is 0 Å². The highest BCUT2D eigenvalue weighted by molar-refractivity contribution is 7.99. The number of carbonyl (C=O) groups is 1. The Balaban J connectivity index is 1.79. The maximum Gasteiger partial charge on any atom is 0.234 e. The highest BCUT2D eigenvalue weighted by Gasteiger charge is 2.19. The van der Waals surface area contributed by atoms with Crippen molar-refractivity contribution >= 4 is 23.4 Å². The van der Waals surface area contributed by atoms with Crippen LogP contribution < -0.4 is 5.32 Å². The minimum Gasteiger partial charge on any atom is -0.325 e. The predicted octanol–water partition coefficient (Wildman–Crippen LogP) is 7.41. The molecule has 186 valence electrons. The number of amides is 1. The van der Waals surface area contributed by atoms with Crippen molar-refractivity contribution in [1.29, 1.82) is 0 Å². The fourth-order valence-electron chi connectivity index (χ4n) is 4.02. The average molecular weight is 491 g/mol. The van der Waals surface area contributed by atoms with E-state index >= 15 is 0 Å². The first-order valence-electron chi connectivity index (χ1n) is 12.2. The van der Waals surface area contributed by atoms with Crippen LogP contribution in [0.4, 0.5) is 5.69 Å². The number of hydrogen-bond acceptors (Lipinski definition) is 4. The highest BCUT2D eigenvalue weighted by Crippen LogP contribution is 2.33. The fraction of sp³-hybridized carbons (Fsp3) is 0.414. The molecule has 1 amide bonds. The monoisotopic (exact) mass is 490 g/mol. The lowest BCUT2D eigenvalue weighted by atomic mass is 9.87. The molecule has 1 aromatic heterocycles. The SMILES string of the molecule is C=CCn1c(SCC(=O)Nc2c(C(C)C)cccc2C(C)C)nnc1-c1ccc(C(C)(C)C)cc1. The summed E-state index contributed by atoms with van der Waals surface area (Å²) in [6, 6.07) is 14.7. The number of para-hydroxylation sites is 1. The summed E-state index contributed by atoms with van der Waals surface area (Å²) in [4.78, 5) is 13.0. The van der Waals surface area contributed by atoms with Crippen LogP contribution in [-0.4, -0.2) is 26.4 Å². The van der Waals surface area contributed by atoms with Crippen molar-refractivity contribution in [3.63, 3.8) is 0 Å². The van der Waals surface area contributed by atoms with Crippen LogP contribution in [0.5, 0.6) is 0 Å². The third-order valence-corrected chi connectivity index (χ3v) is 6.97. The van der Waals surface area contributed by atoms with Gasteiger partial charge in [0.2, 0.25) is 5.91 Å². The van der Waals surface area contributed by atoms with Gasteiger partial charge in [0.05, 0.1) is 5.75 Å². The summed E-state index contributed by atoms with van der Waals surface area (Å²) in [7, 11) is 0. The van der Waals surface area contributed by atoms with Gasteiger partial charge in [-0.15, -0.1) is 16.8 Å². The van der Waals surface area contributed by atoms with Crippen molar-refractivity contribution in [2.45, 2.75) is 77.4 Å². The van der Waals surface area contributed by atoms with Crippen molar-refractivity contribution in [2.24, 2.45) is 0 Å². The Kier molecular flexibility index (Phi) is 8.60. The summed E-state index contributed by atoms with van der Waals surface area (Å²) in [5.41, 5.74) is 5.61. The summed E-state index contributed by atoms with van der Waals surface area (Å²) in [6.45, 7) is 19.7. The van der Waals surface area contributed by atoms with E-state index in [1.165, 1.54) is 17.3 Å². The average Bonchev–Trinajstić information content (AvgIpc) is 3.19. The lowest BCUT2D eigenvalue weighted by molar-refractivity contribution is -0.113. The Morgan fingerprint density at radius 3 is 2.14 bits per heavy atom. The van der Waals surface area contributed by atoms with Gasteiger partial charge in [-0.3, -0.25) is 9.36 Å². The molecule has 0 unspecified atom stereocenters. The van der Waals surface area contributed by atoms with Crippen molar-refractivity contribution in [3.8, 4) is 11.4 Å². The van der Waals surface area contributed by atoms with Gasteiger partial charge in [-0.2, -0.15) is 0 Å². The first-order chi connectivity index (χ1) is 16.5. The van der Waals surface area contributed by atoms with E-state index in [9.17, 15) is 4.79 Å². The first-order valence-corrected chi connectivity index (χ1v) is 13.2. The lowest BCUT2D eigenvalue weighted by Crippen LogP contribution is -2.18. The molecule has 0 spiro atoms. The molecule has 0 saturated carbocycles. The van der Waals surface area contributed by atoms with Gasteiger partial charge in [-0.25, -0.2) is 0 Å². The summed E-state index contributed by atoms with van der Waals surface area (Å²) in [5.74, 6) is 1.62. The van der Waals surface area contributed by atoms with Crippen LogP contribution in [0.15, 0.2) is 60.3 Å². The molecule has 5 nitrogen and oxygen atoms in total. The van der Waals surface area contributed by atoms with E-state index in [2.05, 4.69) is 113 Å². The standard InChI is InChI=1S/C29H38N4OS/c1-9-17-33-27(21-13-15-22(16-14-21)29(6,7)8)31-32-28(33)35-18-25(34)30-26-23(19(2)3)11-10-12-24(26)20(4)5/h9-16,19-20H,1,17-18H2,2-8H3,(H,30,34). The summed E-state index contributed by atoms with van der Waals surface area (Å²) in [5, 5.41) is 12.7. The van der Waals surface area contributed by atoms with E-state index in [-0.39, 0.29) is 17.1 Å². The molecule has 3 aromatic rings. The molecule has 0 bridgehead atoms. The van der Waals surface area contributed by atoms with E-state index in [1.54, 1.807) is 0 Å². The third kappa shape index (κ3) is 6.43. The number of aromatic nitrogens is 3. The molecule has 0 saturated heterocycles. The van der Waals surface area contributed by atoms with Gasteiger partial charge in [0.25, 0.3) is 0 Å². The number of nitrogens with one attached hydrogen (secondary N) is 1. The van der Waals surface area contributed by atoms with E-state index in [4.69, 9.17) is 0 Å². The third-order valence-electron chi connectivity index (χ3n) is 6.01. The number of rotatable bonds is 9. The molecule has 0 fully saturated rings. The highest BCUT2D eigenvalue weighted by atomic mass is 32.2. The van der Waals surface area contributed by atoms with Crippen molar-refractivity contribution in [1.82, 2.24) is 14.8 Å². The number of anilines is 1. The number of hydrogen-bond donors (Lipinski definition) is 1. The zero-order valence-electron chi connectivity index (χ0n) is 22.1. The molecule has 0 radical (unpaired) electrons. The molecule has 1 N–H and O–H groups in total. The van der Waals surface area contributed by atoms with Gasteiger partial charge in [0, 0.05) is 17.8 Å². The lowest BCUT2D eigenvalue weighted by Gasteiger charge is -2.20. The summed E-state index contributed by atoms with van der Waals surface area (Å²) >= 11 is 1.40. The van der Waals surface area contributed by atoms with Crippen molar-refractivity contribution in [3.05, 3.63) is 71.8 Å². The molecule has 2 aromatic carbocycles. The Morgan fingerprint density at radius 2 is 1.63 bits per heavy atom. The number of thioether (sulfide) groups is 1. The number of allylic oxidation sites excluding steroid dienone is 1. The first kappa shape index (κ1) is 26.7. The summed E-state index contributed by atoms with van der Waals surface area (Å²) < 4.78 is 2.01. The van der Waals surface area contributed by atoms with E-state index < -0.39 is 0 Å². The van der Waals surface area contributed by atoms with Gasteiger partial charge < -0.3 is 5.32 Å². The zero-order valence-corrected chi connectivity index (χ0v) is 22.9. The second-order valence-electron chi connectivity index (χ2n) is 10.5. The van der Waals surface area contributed by atoms with E-state index in [0.717, 1.165) is 28.2 Å². The number of carbonyl (C=O) groups excluding carboxylic acids is 1. The minimum atomic E-state index is -0.0470. The molecule has 1 heterocycles. The molecule has 0 atom stereocenters. The molecule has 0 aliphatic heterocycles. The van der Waals surface area contributed by atoms with Gasteiger partial charge in [-0.05, 0) is 33.9 Å². The molecular weight excluding hydrogens is 452 g/mol. The van der Waals surface area contributed by atoms with Gasteiger partial charge in [0.15, 0.2) is 11.0 Å². The topological polar surface area (TPSA) is 59.8 Å². The zero-order chi connectivity index (χ0) is 25.8. The van der Waals surface area contributed by atoms with Crippen LogP contribution in [0, 0.1) is 0 Å². The predicted molar refractivity (Wildman–Crippen MR) is 148 cm³/mol. The fourth-order valence-corrected chi connectivity index (χ4v) is 4.77. The largest absolute Gasteiger partial charge is 0.325 e. The number of nitrogens with zero attached hydrogens (tertiary/aromatic N) is 3. The molecule has 35 heavy (non-hydrogen) atoms. The second-order valence-corrected chi connectivity index (χ2v) is 11.4. The quantitative estimate of drug-likeness (QED) is 0.251. The molecular formula is C29H38N4OS. The minimum absolute atomic E-state index is 0.0470. The van der Waals surface area contributed by atoms with Crippen LogP contribution >= 0.6 is 11.8 Å². The van der Waals surface area contributed by atoms with Crippen molar-refractivity contribution in [2.75, 3.05) is 11.1 Å². The van der Waals surface area contributed by atoms with Crippen LogP contribution in [0.2, 0.25) is 0 Å². The Morgan fingerprint density at radius 1 is 1.03 bits per heavy atom.